The first-order valence-corrected chi connectivity index (χ1v) is 7.11. The SMILES string of the molecule is COc1ccc(F)cc1CN1c2ccccc2NCC1C. The molecule has 3 rings (SSSR count). The monoisotopic (exact) mass is 286 g/mol. The average Bonchev–Trinajstić information content (AvgIpc) is 2.50. The lowest BCUT2D eigenvalue weighted by Gasteiger charge is -2.38. The zero-order chi connectivity index (χ0) is 14.8. The highest BCUT2D eigenvalue weighted by atomic mass is 19.1. The van der Waals surface area contributed by atoms with Gasteiger partial charge in [0.2, 0.25) is 0 Å². The van der Waals surface area contributed by atoms with Crippen LogP contribution >= 0.6 is 0 Å². The van der Waals surface area contributed by atoms with Crippen molar-refractivity contribution < 1.29 is 9.13 Å². The summed E-state index contributed by atoms with van der Waals surface area (Å²) < 4.78 is 18.9. The van der Waals surface area contributed by atoms with E-state index >= 15 is 0 Å². The van der Waals surface area contributed by atoms with Crippen molar-refractivity contribution in [2.24, 2.45) is 0 Å². The number of halogens is 1. The quantitative estimate of drug-likeness (QED) is 0.932. The van der Waals surface area contributed by atoms with Gasteiger partial charge in [-0.05, 0) is 37.3 Å². The van der Waals surface area contributed by atoms with Crippen LogP contribution in [0.25, 0.3) is 0 Å². The largest absolute Gasteiger partial charge is 0.496 e. The van der Waals surface area contributed by atoms with E-state index in [2.05, 4.69) is 29.3 Å². The van der Waals surface area contributed by atoms with Crippen molar-refractivity contribution >= 4 is 11.4 Å². The Balaban J connectivity index is 1.96. The third-order valence-corrected chi connectivity index (χ3v) is 3.92. The predicted molar refractivity (Wildman–Crippen MR) is 83.5 cm³/mol. The van der Waals surface area contributed by atoms with Gasteiger partial charge in [-0.3, -0.25) is 0 Å². The number of hydrogen-bond acceptors (Lipinski definition) is 3. The lowest BCUT2D eigenvalue weighted by molar-refractivity contribution is 0.407. The van der Waals surface area contributed by atoms with Crippen molar-refractivity contribution in [3.05, 3.63) is 53.8 Å². The lowest BCUT2D eigenvalue weighted by atomic mass is 10.1. The highest BCUT2D eigenvalue weighted by molar-refractivity contribution is 5.72. The van der Waals surface area contributed by atoms with Gasteiger partial charge in [0.25, 0.3) is 0 Å². The summed E-state index contributed by atoms with van der Waals surface area (Å²) in [5.41, 5.74) is 3.12. The number of ether oxygens (including phenoxy) is 1. The molecule has 1 unspecified atom stereocenters. The van der Waals surface area contributed by atoms with Gasteiger partial charge in [0.05, 0.1) is 18.5 Å². The maximum absolute atomic E-state index is 13.5. The molecule has 1 aliphatic heterocycles. The van der Waals surface area contributed by atoms with Gasteiger partial charge in [-0.25, -0.2) is 4.39 Å². The van der Waals surface area contributed by atoms with Crippen molar-refractivity contribution in [1.29, 1.82) is 0 Å². The van der Waals surface area contributed by atoms with E-state index in [0.717, 1.165) is 29.2 Å². The van der Waals surface area contributed by atoms with Gasteiger partial charge in [0.15, 0.2) is 0 Å². The number of para-hydroxylation sites is 2. The van der Waals surface area contributed by atoms with E-state index in [1.807, 2.05) is 12.1 Å². The molecule has 0 bridgehead atoms. The van der Waals surface area contributed by atoms with Crippen LogP contribution in [0.3, 0.4) is 0 Å². The van der Waals surface area contributed by atoms with Crippen LogP contribution in [0.2, 0.25) is 0 Å². The third-order valence-electron chi connectivity index (χ3n) is 3.92. The van der Waals surface area contributed by atoms with Crippen LogP contribution in [-0.2, 0) is 6.54 Å². The molecule has 0 amide bonds. The van der Waals surface area contributed by atoms with Gasteiger partial charge in [0, 0.05) is 24.7 Å². The molecule has 1 aliphatic rings. The molecular formula is C17H19FN2O. The van der Waals surface area contributed by atoms with E-state index in [1.165, 1.54) is 6.07 Å². The Morgan fingerprint density at radius 1 is 1.29 bits per heavy atom. The minimum atomic E-state index is -0.234. The molecule has 0 aromatic heterocycles. The molecular weight excluding hydrogens is 267 g/mol. The molecule has 110 valence electrons. The van der Waals surface area contributed by atoms with Crippen molar-refractivity contribution in [1.82, 2.24) is 0 Å². The van der Waals surface area contributed by atoms with Crippen LogP contribution in [0.5, 0.6) is 5.75 Å². The Morgan fingerprint density at radius 2 is 2.10 bits per heavy atom. The second kappa shape index (κ2) is 5.64. The Bertz CT molecular complexity index is 644. The fourth-order valence-corrected chi connectivity index (χ4v) is 2.77. The molecule has 0 fully saturated rings. The molecule has 1 heterocycles. The standard InChI is InChI=1S/C17H19FN2O/c1-12-10-19-15-5-3-4-6-16(15)20(12)11-13-9-14(18)7-8-17(13)21-2/h3-9,12,19H,10-11H2,1-2H3. The van der Waals surface area contributed by atoms with E-state index in [9.17, 15) is 4.39 Å². The second-order valence-electron chi connectivity index (χ2n) is 5.33. The number of nitrogens with one attached hydrogen (secondary N) is 1. The molecule has 0 aliphatic carbocycles. The summed E-state index contributed by atoms with van der Waals surface area (Å²) in [7, 11) is 1.62. The van der Waals surface area contributed by atoms with Gasteiger partial charge in [-0.15, -0.1) is 0 Å². The molecule has 0 spiro atoms. The van der Waals surface area contributed by atoms with Gasteiger partial charge in [-0.2, -0.15) is 0 Å². The van der Waals surface area contributed by atoms with Gasteiger partial charge in [0.1, 0.15) is 11.6 Å². The summed E-state index contributed by atoms with van der Waals surface area (Å²) in [6, 6.07) is 13.2. The first-order valence-electron chi connectivity index (χ1n) is 7.11. The zero-order valence-electron chi connectivity index (χ0n) is 12.3. The van der Waals surface area contributed by atoms with Crippen molar-refractivity contribution in [3.8, 4) is 5.75 Å². The molecule has 0 saturated carbocycles. The number of rotatable bonds is 3. The Kier molecular flexibility index (Phi) is 3.69. The van der Waals surface area contributed by atoms with E-state index in [-0.39, 0.29) is 5.82 Å². The minimum Gasteiger partial charge on any atom is -0.496 e. The summed E-state index contributed by atoms with van der Waals surface area (Å²) in [5.74, 6) is 0.487. The fraction of sp³-hybridized carbons (Fsp3) is 0.294. The van der Waals surface area contributed by atoms with Crippen molar-refractivity contribution in [2.75, 3.05) is 23.9 Å². The number of hydrogen-bond donors (Lipinski definition) is 1. The van der Waals surface area contributed by atoms with E-state index < -0.39 is 0 Å². The first-order chi connectivity index (χ1) is 10.2. The van der Waals surface area contributed by atoms with E-state index in [1.54, 1.807) is 19.2 Å². The smallest absolute Gasteiger partial charge is 0.124 e. The molecule has 21 heavy (non-hydrogen) atoms. The third kappa shape index (κ3) is 2.66. The van der Waals surface area contributed by atoms with Crippen LogP contribution < -0.4 is 15.0 Å². The summed E-state index contributed by atoms with van der Waals surface area (Å²) in [5, 5.41) is 3.42. The first kappa shape index (κ1) is 13.7. The summed E-state index contributed by atoms with van der Waals surface area (Å²) in [4.78, 5) is 2.28. The van der Waals surface area contributed by atoms with Gasteiger partial charge >= 0.3 is 0 Å². The molecule has 3 nitrogen and oxygen atoms in total. The highest BCUT2D eigenvalue weighted by Crippen LogP contribution is 2.33. The minimum absolute atomic E-state index is 0.234. The van der Waals surface area contributed by atoms with Crippen LogP contribution in [0.4, 0.5) is 15.8 Å². The number of anilines is 2. The summed E-state index contributed by atoms with van der Waals surface area (Å²) >= 11 is 0. The topological polar surface area (TPSA) is 24.5 Å². The van der Waals surface area contributed by atoms with Gasteiger partial charge < -0.3 is 15.0 Å². The lowest BCUT2D eigenvalue weighted by Crippen LogP contribution is -2.41. The van der Waals surface area contributed by atoms with Crippen molar-refractivity contribution in [3.63, 3.8) is 0 Å². The number of fused-ring (bicyclic) bond motifs is 1. The molecule has 4 heteroatoms. The highest BCUT2D eigenvalue weighted by Gasteiger charge is 2.23. The number of benzene rings is 2. The Hall–Kier alpha value is -2.23. The normalized spacial score (nSPS) is 17.1. The van der Waals surface area contributed by atoms with E-state index in [4.69, 9.17) is 4.74 Å². The fourth-order valence-electron chi connectivity index (χ4n) is 2.77. The van der Waals surface area contributed by atoms with Crippen LogP contribution in [0.15, 0.2) is 42.5 Å². The van der Waals surface area contributed by atoms with Crippen molar-refractivity contribution in [2.45, 2.75) is 19.5 Å². The predicted octanol–water partition coefficient (Wildman–Crippen LogP) is 3.65. The summed E-state index contributed by atoms with van der Waals surface area (Å²) in [6.07, 6.45) is 0. The molecule has 2 aromatic carbocycles. The summed E-state index contributed by atoms with van der Waals surface area (Å²) in [6.45, 7) is 3.66. The van der Waals surface area contributed by atoms with Crippen LogP contribution in [0, 0.1) is 5.82 Å². The molecule has 1 atom stereocenters. The molecule has 0 saturated heterocycles. The van der Waals surface area contributed by atoms with Gasteiger partial charge in [-0.1, -0.05) is 12.1 Å². The average molecular weight is 286 g/mol. The zero-order valence-corrected chi connectivity index (χ0v) is 12.3. The number of nitrogens with zero attached hydrogens (tertiary/aromatic N) is 1. The maximum Gasteiger partial charge on any atom is 0.124 e. The molecule has 1 N–H and O–H groups in total. The van der Waals surface area contributed by atoms with Crippen LogP contribution in [-0.4, -0.2) is 19.7 Å². The Morgan fingerprint density at radius 3 is 2.90 bits per heavy atom. The molecule has 2 aromatic rings. The van der Waals surface area contributed by atoms with E-state index in [0.29, 0.717) is 12.6 Å². The Labute approximate surface area is 124 Å². The second-order valence-corrected chi connectivity index (χ2v) is 5.33. The molecule has 0 radical (unpaired) electrons. The van der Waals surface area contributed by atoms with Crippen LogP contribution in [0.1, 0.15) is 12.5 Å². The number of methoxy groups -OCH3 is 1. The maximum atomic E-state index is 13.5.